The van der Waals surface area contributed by atoms with Crippen molar-refractivity contribution in [3.8, 4) is 0 Å². The Hall–Kier alpha value is -3.18. The molecule has 128 valence electrons. The van der Waals surface area contributed by atoms with Gasteiger partial charge in [-0.15, -0.1) is 11.3 Å². The van der Waals surface area contributed by atoms with Crippen molar-refractivity contribution in [3.05, 3.63) is 88.4 Å². The first kappa shape index (κ1) is 16.3. The minimum absolute atomic E-state index is 0.152. The summed E-state index contributed by atoms with van der Waals surface area (Å²) in [6, 6.07) is 21.6. The third kappa shape index (κ3) is 3.58. The van der Waals surface area contributed by atoms with Crippen molar-refractivity contribution in [2.24, 2.45) is 0 Å². The first-order chi connectivity index (χ1) is 12.8. The highest BCUT2D eigenvalue weighted by Gasteiger charge is 2.16. The fraction of sp³-hybridized carbons (Fsp3) is 0.0476. The number of nitrogens with zero attached hydrogens (tertiary/aromatic N) is 1. The Labute approximate surface area is 155 Å². The first-order valence-electron chi connectivity index (χ1n) is 8.32. The topological polar surface area (TPSA) is 57.8 Å². The van der Waals surface area contributed by atoms with Gasteiger partial charge in [-0.1, -0.05) is 48.5 Å². The van der Waals surface area contributed by atoms with Gasteiger partial charge in [-0.2, -0.15) is 0 Å². The summed E-state index contributed by atoms with van der Waals surface area (Å²) in [5.74, 6) is 0.423. The van der Waals surface area contributed by atoms with Crippen LogP contribution in [0.4, 0.5) is 0 Å². The molecule has 2 aromatic carbocycles. The molecule has 2 N–H and O–H groups in total. The Morgan fingerprint density at radius 1 is 1.04 bits per heavy atom. The van der Waals surface area contributed by atoms with E-state index in [1.807, 2.05) is 78.2 Å². The molecule has 0 aliphatic rings. The van der Waals surface area contributed by atoms with Gasteiger partial charge in [0.25, 0.3) is 5.91 Å². The zero-order valence-electron chi connectivity index (χ0n) is 14.0. The van der Waals surface area contributed by atoms with Gasteiger partial charge in [-0.3, -0.25) is 4.79 Å². The van der Waals surface area contributed by atoms with Crippen molar-refractivity contribution in [1.29, 1.82) is 0 Å². The maximum atomic E-state index is 12.9. The molecule has 0 saturated carbocycles. The van der Waals surface area contributed by atoms with E-state index in [4.69, 9.17) is 0 Å². The molecule has 0 radical (unpaired) electrons. The number of aromatic amines is 1. The number of carbonyl (C=O) groups is 1. The van der Waals surface area contributed by atoms with Crippen LogP contribution in [0.25, 0.3) is 22.7 Å². The minimum atomic E-state index is -0.152. The summed E-state index contributed by atoms with van der Waals surface area (Å²) in [6.45, 7) is 0.474. The number of imidazole rings is 1. The predicted molar refractivity (Wildman–Crippen MR) is 107 cm³/mol. The third-order valence-corrected chi connectivity index (χ3v) is 4.83. The number of rotatable bonds is 5. The molecule has 4 rings (SSSR count). The molecule has 26 heavy (non-hydrogen) atoms. The van der Waals surface area contributed by atoms with E-state index >= 15 is 0 Å². The SMILES string of the molecule is O=C(NCc1ccccc1)/C(=C/c1cccs1)c1nc2ccccc2[nH]1. The Balaban J connectivity index is 1.65. The number of thiophene rings is 1. The number of aromatic nitrogens is 2. The van der Waals surface area contributed by atoms with Crippen LogP contribution in [0.3, 0.4) is 0 Å². The van der Waals surface area contributed by atoms with Crippen molar-refractivity contribution < 1.29 is 4.79 Å². The number of carbonyl (C=O) groups excluding carboxylic acids is 1. The average molecular weight is 359 g/mol. The average Bonchev–Trinajstić information content (AvgIpc) is 3.34. The molecular weight excluding hydrogens is 342 g/mol. The number of H-pyrrole nitrogens is 1. The van der Waals surface area contributed by atoms with Crippen LogP contribution >= 0.6 is 11.3 Å². The molecule has 0 aliphatic heterocycles. The van der Waals surface area contributed by atoms with Crippen LogP contribution in [-0.2, 0) is 11.3 Å². The highest BCUT2D eigenvalue weighted by molar-refractivity contribution is 7.11. The number of hydrogen-bond acceptors (Lipinski definition) is 3. The van der Waals surface area contributed by atoms with Crippen LogP contribution < -0.4 is 5.32 Å². The van der Waals surface area contributed by atoms with Crippen LogP contribution in [0, 0.1) is 0 Å². The number of fused-ring (bicyclic) bond motifs is 1. The molecule has 0 spiro atoms. The van der Waals surface area contributed by atoms with E-state index < -0.39 is 0 Å². The minimum Gasteiger partial charge on any atom is -0.348 e. The van der Waals surface area contributed by atoms with Crippen LogP contribution in [0.2, 0.25) is 0 Å². The van der Waals surface area contributed by atoms with Crippen molar-refractivity contribution in [1.82, 2.24) is 15.3 Å². The van der Waals surface area contributed by atoms with E-state index in [9.17, 15) is 4.79 Å². The van der Waals surface area contributed by atoms with Gasteiger partial charge >= 0.3 is 0 Å². The molecule has 0 fully saturated rings. The highest BCUT2D eigenvalue weighted by Crippen LogP contribution is 2.22. The second-order valence-electron chi connectivity index (χ2n) is 5.84. The van der Waals surface area contributed by atoms with Crippen molar-refractivity contribution >= 4 is 39.9 Å². The van der Waals surface area contributed by atoms with E-state index in [0.29, 0.717) is 17.9 Å². The largest absolute Gasteiger partial charge is 0.348 e. The lowest BCUT2D eigenvalue weighted by Gasteiger charge is -2.07. The van der Waals surface area contributed by atoms with Gasteiger partial charge in [-0.05, 0) is 35.2 Å². The zero-order chi connectivity index (χ0) is 17.8. The van der Waals surface area contributed by atoms with Crippen molar-refractivity contribution in [2.75, 3.05) is 0 Å². The highest BCUT2D eigenvalue weighted by atomic mass is 32.1. The molecule has 2 heterocycles. The Morgan fingerprint density at radius 2 is 1.85 bits per heavy atom. The number of hydrogen-bond donors (Lipinski definition) is 2. The molecule has 0 unspecified atom stereocenters. The molecule has 0 saturated heterocycles. The van der Waals surface area contributed by atoms with E-state index in [2.05, 4.69) is 15.3 Å². The fourth-order valence-corrected chi connectivity index (χ4v) is 3.37. The van der Waals surface area contributed by atoms with E-state index in [-0.39, 0.29) is 5.91 Å². The number of nitrogens with one attached hydrogen (secondary N) is 2. The second-order valence-corrected chi connectivity index (χ2v) is 6.82. The lowest BCUT2D eigenvalue weighted by atomic mass is 10.2. The van der Waals surface area contributed by atoms with Crippen LogP contribution in [0.15, 0.2) is 72.1 Å². The lowest BCUT2D eigenvalue weighted by Crippen LogP contribution is -2.24. The summed E-state index contributed by atoms with van der Waals surface area (Å²) in [6.07, 6.45) is 1.88. The summed E-state index contributed by atoms with van der Waals surface area (Å²) in [7, 11) is 0. The van der Waals surface area contributed by atoms with Gasteiger partial charge in [0, 0.05) is 11.4 Å². The molecule has 0 atom stereocenters. The summed E-state index contributed by atoms with van der Waals surface area (Å²) >= 11 is 1.59. The van der Waals surface area contributed by atoms with Crippen LogP contribution in [0.1, 0.15) is 16.3 Å². The third-order valence-electron chi connectivity index (χ3n) is 4.01. The summed E-state index contributed by atoms with van der Waals surface area (Å²) < 4.78 is 0. The van der Waals surface area contributed by atoms with Crippen molar-refractivity contribution in [3.63, 3.8) is 0 Å². The van der Waals surface area contributed by atoms with Gasteiger partial charge in [-0.25, -0.2) is 4.98 Å². The Kier molecular flexibility index (Phi) is 4.62. The van der Waals surface area contributed by atoms with Gasteiger partial charge in [0.2, 0.25) is 0 Å². The molecule has 1 amide bonds. The van der Waals surface area contributed by atoms with E-state index in [0.717, 1.165) is 21.5 Å². The van der Waals surface area contributed by atoms with Gasteiger partial charge in [0.05, 0.1) is 16.6 Å². The van der Waals surface area contributed by atoms with Crippen molar-refractivity contribution in [2.45, 2.75) is 6.54 Å². The second kappa shape index (κ2) is 7.37. The smallest absolute Gasteiger partial charge is 0.255 e. The summed E-state index contributed by atoms with van der Waals surface area (Å²) in [5.41, 5.74) is 3.34. The molecule has 0 aliphatic carbocycles. The molecule has 4 nitrogen and oxygen atoms in total. The number of benzene rings is 2. The fourth-order valence-electron chi connectivity index (χ4n) is 2.71. The quantitative estimate of drug-likeness (QED) is 0.516. The Bertz CT molecular complexity index is 1020. The summed E-state index contributed by atoms with van der Waals surface area (Å²) in [4.78, 5) is 21.7. The lowest BCUT2D eigenvalue weighted by molar-refractivity contribution is -0.115. The maximum absolute atomic E-state index is 12.9. The predicted octanol–water partition coefficient (Wildman–Crippen LogP) is 4.48. The van der Waals surface area contributed by atoms with Crippen LogP contribution in [0.5, 0.6) is 0 Å². The molecule has 4 aromatic rings. The number of amides is 1. The Morgan fingerprint density at radius 3 is 2.62 bits per heavy atom. The molecule has 2 aromatic heterocycles. The molecular formula is C21H17N3OS. The van der Waals surface area contributed by atoms with Crippen LogP contribution in [-0.4, -0.2) is 15.9 Å². The van der Waals surface area contributed by atoms with E-state index in [1.165, 1.54) is 0 Å². The summed E-state index contributed by atoms with van der Waals surface area (Å²) in [5, 5.41) is 4.98. The van der Waals surface area contributed by atoms with Gasteiger partial charge in [0.1, 0.15) is 5.82 Å². The zero-order valence-corrected chi connectivity index (χ0v) is 14.8. The molecule has 5 heteroatoms. The van der Waals surface area contributed by atoms with E-state index in [1.54, 1.807) is 11.3 Å². The molecule has 0 bridgehead atoms. The standard InChI is InChI=1S/C21H17N3OS/c25-21(22-14-15-7-2-1-3-8-15)17(13-16-9-6-12-26-16)20-23-18-10-4-5-11-19(18)24-20/h1-13H,14H2,(H,22,25)(H,23,24)/b17-13+. The monoisotopic (exact) mass is 359 g/mol. The van der Waals surface area contributed by atoms with Gasteiger partial charge < -0.3 is 10.3 Å². The normalized spacial score (nSPS) is 11.6. The number of para-hydroxylation sites is 2. The van der Waals surface area contributed by atoms with Gasteiger partial charge in [0.15, 0.2) is 0 Å². The maximum Gasteiger partial charge on any atom is 0.255 e. The first-order valence-corrected chi connectivity index (χ1v) is 9.20.